The molecule has 1 aromatic rings. The van der Waals surface area contributed by atoms with Gasteiger partial charge in [0.25, 0.3) is 5.91 Å². The summed E-state index contributed by atoms with van der Waals surface area (Å²) in [4.78, 5) is 14.8. The number of carbonyl (C=O) groups excluding carboxylic acids is 1. The molecule has 2 unspecified atom stereocenters. The SMILES string of the molecule is CC(C)CNS(=O)(=O)c1ccc(C(=O)N2CCC(C)CC2CN)cc1.Cl. The average Bonchev–Trinajstić information content (AvgIpc) is 2.59. The number of halogens is 1. The van der Waals surface area contributed by atoms with Crippen LogP contribution < -0.4 is 10.5 Å². The van der Waals surface area contributed by atoms with Gasteiger partial charge in [0.2, 0.25) is 10.0 Å². The Morgan fingerprint density at radius 3 is 2.46 bits per heavy atom. The molecule has 26 heavy (non-hydrogen) atoms. The van der Waals surface area contributed by atoms with Crippen LogP contribution in [0.15, 0.2) is 29.2 Å². The molecule has 6 nitrogen and oxygen atoms in total. The van der Waals surface area contributed by atoms with Gasteiger partial charge in [-0.15, -0.1) is 12.4 Å². The van der Waals surface area contributed by atoms with E-state index in [0.717, 1.165) is 12.8 Å². The Morgan fingerprint density at radius 1 is 1.31 bits per heavy atom. The van der Waals surface area contributed by atoms with Crippen LogP contribution in [0.2, 0.25) is 0 Å². The number of piperidine rings is 1. The molecule has 148 valence electrons. The molecule has 0 spiro atoms. The van der Waals surface area contributed by atoms with Crippen molar-refractivity contribution < 1.29 is 13.2 Å². The fourth-order valence-corrected chi connectivity index (χ4v) is 4.26. The van der Waals surface area contributed by atoms with E-state index in [4.69, 9.17) is 5.73 Å². The maximum Gasteiger partial charge on any atom is 0.254 e. The Balaban J connectivity index is 0.00000338. The average molecular weight is 404 g/mol. The highest BCUT2D eigenvalue weighted by Gasteiger charge is 2.29. The molecular formula is C18H30ClN3O3S. The smallest absolute Gasteiger partial charge is 0.254 e. The molecule has 1 aliphatic rings. The zero-order valence-electron chi connectivity index (χ0n) is 15.6. The van der Waals surface area contributed by atoms with Crippen molar-refractivity contribution >= 4 is 28.3 Å². The first-order valence-corrected chi connectivity index (χ1v) is 10.3. The van der Waals surface area contributed by atoms with E-state index in [-0.39, 0.29) is 35.2 Å². The van der Waals surface area contributed by atoms with Crippen LogP contribution >= 0.6 is 12.4 Å². The monoisotopic (exact) mass is 403 g/mol. The first-order chi connectivity index (χ1) is 11.7. The lowest BCUT2D eigenvalue weighted by atomic mass is 9.92. The summed E-state index contributed by atoms with van der Waals surface area (Å²) in [5, 5.41) is 0. The summed E-state index contributed by atoms with van der Waals surface area (Å²) in [6.45, 7) is 7.58. The highest BCUT2D eigenvalue weighted by Crippen LogP contribution is 2.24. The summed E-state index contributed by atoms with van der Waals surface area (Å²) in [6, 6.07) is 6.18. The highest BCUT2D eigenvalue weighted by molar-refractivity contribution is 7.89. The van der Waals surface area contributed by atoms with Gasteiger partial charge in [0.05, 0.1) is 4.90 Å². The Morgan fingerprint density at radius 2 is 1.92 bits per heavy atom. The van der Waals surface area contributed by atoms with Crippen LogP contribution in [-0.4, -0.2) is 44.9 Å². The largest absolute Gasteiger partial charge is 0.334 e. The van der Waals surface area contributed by atoms with Crippen LogP contribution in [-0.2, 0) is 10.0 Å². The predicted octanol–water partition coefficient (Wildman–Crippen LogP) is 2.24. The van der Waals surface area contributed by atoms with Crippen molar-refractivity contribution in [3.05, 3.63) is 29.8 Å². The lowest BCUT2D eigenvalue weighted by molar-refractivity contribution is 0.0573. The van der Waals surface area contributed by atoms with E-state index >= 15 is 0 Å². The molecule has 1 saturated heterocycles. The highest BCUT2D eigenvalue weighted by atomic mass is 35.5. The minimum absolute atomic E-state index is 0. The molecule has 0 bridgehead atoms. The number of carbonyl (C=O) groups is 1. The van der Waals surface area contributed by atoms with E-state index < -0.39 is 10.0 Å². The number of amides is 1. The third-order valence-corrected chi connectivity index (χ3v) is 6.04. The molecule has 0 aliphatic carbocycles. The van der Waals surface area contributed by atoms with Crippen molar-refractivity contribution in [2.24, 2.45) is 17.6 Å². The van der Waals surface area contributed by atoms with E-state index in [1.54, 1.807) is 12.1 Å². The zero-order chi connectivity index (χ0) is 18.6. The molecule has 1 amide bonds. The van der Waals surface area contributed by atoms with E-state index in [0.29, 0.717) is 31.1 Å². The van der Waals surface area contributed by atoms with E-state index in [1.165, 1.54) is 12.1 Å². The zero-order valence-corrected chi connectivity index (χ0v) is 17.3. The number of sulfonamides is 1. The van der Waals surface area contributed by atoms with Crippen molar-refractivity contribution in [2.45, 2.75) is 44.6 Å². The van der Waals surface area contributed by atoms with Crippen molar-refractivity contribution in [1.82, 2.24) is 9.62 Å². The number of likely N-dealkylation sites (tertiary alicyclic amines) is 1. The van der Waals surface area contributed by atoms with Crippen LogP contribution in [0.4, 0.5) is 0 Å². The number of nitrogens with zero attached hydrogens (tertiary/aromatic N) is 1. The lowest BCUT2D eigenvalue weighted by Gasteiger charge is -2.38. The minimum atomic E-state index is -3.54. The third kappa shape index (κ3) is 5.67. The van der Waals surface area contributed by atoms with Crippen molar-refractivity contribution in [1.29, 1.82) is 0 Å². The van der Waals surface area contributed by atoms with Gasteiger partial charge in [-0.2, -0.15) is 0 Å². The topological polar surface area (TPSA) is 92.5 Å². The van der Waals surface area contributed by atoms with Crippen molar-refractivity contribution in [3.63, 3.8) is 0 Å². The quantitative estimate of drug-likeness (QED) is 0.761. The standard InChI is InChI=1S/C18H29N3O3S.ClH/c1-13(2)12-20-25(23,24)17-6-4-15(5-7-17)18(22)21-9-8-14(3)10-16(21)11-19;/h4-7,13-14,16,20H,8-12,19H2,1-3H3;1H. The van der Waals surface area contributed by atoms with Gasteiger partial charge in [0.15, 0.2) is 0 Å². The molecule has 1 fully saturated rings. The van der Waals surface area contributed by atoms with Crippen LogP contribution in [0.3, 0.4) is 0 Å². The molecule has 1 aromatic carbocycles. The number of rotatable bonds is 6. The first-order valence-electron chi connectivity index (χ1n) is 8.85. The normalized spacial score (nSPS) is 20.7. The number of benzene rings is 1. The number of nitrogens with two attached hydrogens (primary N) is 1. The van der Waals surface area contributed by atoms with Crippen LogP contribution in [0.1, 0.15) is 44.0 Å². The second kappa shape index (κ2) is 9.69. The maximum absolute atomic E-state index is 12.8. The summed E-state index contributed by atoms with van der Waals surface area (Å²) in [5.74, 6) is 0.712. The third-order valence-electron chi connectivity index (χ3n) is 4.60. The van der Waals surface area contributed by atoms with Gasteiger partial charge in [-0.05, 0) is 48.9 Å². The Kier molecular flexibility index (Phi) is 8.53. The second-order valence-electron chi connectivity index (χ2n) is 7.29. The van der Waals surface area contributed by atoms with Gasteiger partial charge in [-0.25, -0.2) is 13.1 Å². The molecule has 0 radical (unpaired) electrons. The van der Waals surface area contributed by atoms with Gasteiger partial charge in [0.1, 0.15) is 0 Å². The Hall–Kier alpha value is -1.15. The summed E-state index contributed by atoms with van der Waals surface area (Å²) in [7, 11) is -3.54. The van der Waals surface area contributed by atoms with Gasteiger partial charge in [-0.1, -0.05) is 20.8 Å². The first kappa shape index (κ1) is 22.9. The Labute approximate surface area is 163 Å². The number of nitrogens with one attached hydrogen (secondary N) is 1. The molecule has 1 heterocycles. The summed E-state index contributed by atoms with van der Waals surface area (Å²) in [5.41, 5.74) is 6.33. The van der Waals surface area contributed by atoms with Crippen molar-refractivity contribution in [3.8, 4) is 0 Å². The molecule has 0 saturated carbocycles. The van der Waals surface area contributed by atoms with E-state index in [2.05, 4.69) is 11.6 Å². The molecule has 2 atom stereocenters. The molecule has 8 heteroatoms. The van der Waals surface area contributed by atoms with Gasteiger partial charge in [0, 0.05) is 31.2 Å². The van der Waals surface area contributed by atoms with E-state index in [9.17, 15) is 13.2 Å². The fourth-order valence-electron chi connectivity index (χ4n) is 3.04. The van der Waals surface area contributed by atoms with Crippen LogP contribution in [0.25, 0.3) is 0 Å². The Bertz CT molecular complexity index is 692. The molecule has 0 aromatic heterocycles. The second-order valence-corrected chi connectivity index (χ2v) is 9.05. The predicted molar refractivity (Wildman–Crippen MR) is 106 cm³/mol. The van der Waals surface area contributed by atoms with E-state index in [1.807, 2.05) is 18.7 Å². The molecule has 2 rings (SSSR count). The van der Waals surface area contributed by atoms with Gasteiger partial charge < -0.3 is 10.6 Å². The summed E-state index contributed by atoms with van der Waals surface area (Å²) < 4.78 is 27.0. The molecular weight excluding hydrogens is 374 g/mol. The molecule has 1 aliphatic heterocycles. The maximum atomic E-state index is 12.8. The summed E-state index contributed by atoms with van der Waals surface area (Å²) in [6.07, 6.45) is 1.88. The van der Waals surface area contributed by atoms with Gasteiger partial charge >= 0.3 is 0 Å². The van der Waals surface area contributed by atoms with Crippen molar-refractivity contribution in [2.75, 3.05) is 19.6 Å². The minimum Gasteiger partial charge on any atom is -0.334 e. The number of hydrogen-bond acceptors (Lipinski definition) is 4. The number of hydrogen-bond donors (Lipinski definition) is 2. The molecule has 3 N–H and O–H groups in total. The lowest BCUT2D eigenvalue weighted by Crippen LogP contribution is -2.49. The summed E-state index contributed by atoms with van der Waals surface area (Å²) >= 11 is 0. The van der Waals surface area contributed by atoms with Crippen LogP contribution in [0, 0.1) is 11.8 Å². The van der Waals surface area contributed by atoms with Gasteiger partial charge in [-0.3, -0.25) is 4.79 Å². The van der Waals surface area contributed by atoms with Crippen LogP contribution in [0.5, 0.6) is 0 Å². The fraction of sp³-hybridized carbons (Fsp3) is 0.611.